The lowest BCUT2D eigenvalue weighted by atomic mass is 10.1. The van der Waals surface area contributed by atoms with Gasteiger partial charge in [-0.1, -0.05) is 30.3 Å². The number of likely N-dealkylation sites (tertiary alicyclic amines) is 1. The second kappa shape index (κ2) is 8.64. The van der Waals surface area contributed by atoms with Crippen molar-refractivity contribution in [2.24, 2.45) is 5.92 Å². The number of likely N-dealkylation sites (N-methyl/N-ethyl adjacent to an activating group) is 1. The van der Waals surface area contributed by atoms with Crippen molar-refractivity contribution in [3.8, 4) is 0 Å². The number of hydrogen-bond acceptors (Lipinski definition) is 5. The number of nitrogens with zero attached hydrogens (tertiary/aromatic N) is 1. The van der Waals surface area contributed by atoms with Crippen molar-refractivity contribution in [1.29, 1.82) is 0 Å². The summed E-state index contributed by atoms with van der Waals surface area (Å²) in [6.07, 6.45) is 0.580. The zero-order chi connectivity index (χ0) is 16.7. The molecule has 1 aliphatic heterocycles. The Kier molecular flexibility index (Phi) is 6.55. The van der Waals surface area contributed by atoms with Gasteiger partial charge in [0, 0.05) is 19.6 Å². The van der Waals surface area contributed by atoms with Gasteiger partial charge < -0.3 is 19.7 Å². The fraction of sp³-hybridized carbons (Fsp3) is 0.529. The summed E-state index contributed by atoms with van der Waals surface area (Å²) in [6, 6.07) is 8.99. The van der Waals surface area contributed by atoms with Gasteiger partial charge in [-0.2, -0.15) is 0 Å². The Bertz CT molecular complexity index is 521. The molecule has 0 aliphatic carbocycles. The first-order valence-corrected chi connectivity index (χ1v) is 7.79. The van der Waals surface area contributed by atoms with Crippen LogP contribution in [0.4, 0.5) is 0 Å². The molecular formula is C17H24N2O4. The van der Waals surface area contributed by atoms with E-state index in [1.54, 1.807) is 19.1 Å². The minimum Gasteiger partial charge on any atom is -0.459 e. The second-order valence-corrected chi connectivity index (χ2v) is 5.74. The van der Waals surface area contributed by atoms with Crippen molar-refractivity contribution in [3.63, 3.8) is 0 Å². The van der Waals surface area contributed by atoms with Crippen LogP contribution in [0.25, 0.3) is 0 Å². The highest BCUT2D eigenvalue weighted by Crippen LogP contribution is 2.25. The molecule has 6 heteroatoms. The topological polar surface area (TPSA) is 67.9 Å². The van der Waals surface area contributed by atoms with Crippen LogP contribution in [0.2, 0.25) is 0 Å². The normalized spacial score (nSPS) is 20.5. The summed E-state index contributed by atoms with van der Waals surface area (Å²) in [5.41, 5.74) is 0.931. The number of ether oxygens (including phenoxy) is 2. The highest BCUT2D eigenvalue weighted by Gasteiger charge is 2.40. The molecule has 1 fully saturated rings. The minimum absolute atomic E-state index is 0.0900. The highest BCUT2D eigenvalue weighted by molar-refractivity contribution is 5.86. The molecule has 1 aromatic rings. The van der Waals surface area contributed by atoms with Gasteiger partial charge in [-0.05, 0) is 19.0 Å². The minimum atomic E-state index is -0.528. The van der Waals surface area contributed by atoms with E-state index in [9.17, 15) is 9.59 Å². The number of benzene rings is 1. The first kappa shape index (κ1) is 17.4. The van der Waals surface area contributed by atoms with E-state index in [2.05, 4.69) is 5.32 Å². The third-order valence-electron chi connectivity index (χ3n) is 3.93. The van der Waals surface area contributed by atoms with Crippen LogP contribution in [-0.4, -0.2) is 56.7 Å². The fourth-order valence-electron chi connectivity index (χ4n) is 2.86. The summed E-state index contributed by atoms with van der Waals surface area (Å²) >= 11 is 0. The van der Waals surface area contributed by atoms with Gasteiger partial charge >= 0.3 is 5.97 Å². The van der Waals surface area contributed by atoms with Crippen LogP contribution in [-0.2, 0) is 25.7 Å². The summed E-state index contributed by atoms with van der Waals surface area (Å²) in [5, 5.41) is 2.83. The maximum absolute atomic E-state index is 12.4. The second-order valence-electron chi connectivity index (χ2n) is 5.74. The summed E-state index contributed by atoms with van der Waals surface area (Å²) in [5.74, 6) is -0.278. The summed E-state index contributed by atoms with van der Waals surface area (Å²) in [7, 11) is 3.34. The van der Waals surface area contributed by atoms with Crippen LogP contribution < -0.4 is 5.32 Å². The maximum atomic E-state index is 12.4. The largest absolute Gasteiger partial charge is 0.459 e. The van der Waals surface area contributed by atoms with Crippen LogP contribution >= 0.6 is 0 Å². The van der Waals surface area contributed by atoms with Gasteiger partial charge in [-0.15, -0.1) is 0 Å². The number of amides is 1. The van der Waals surface area contributed by atoms with Gasteiger partial charge in [0.05, 0.1) is 13.2 Å². The molecule has 0 aromatic heterocycles. The maximum Gasteiger partial charge on any atom is 0.329 e. The number of carbonyl (C=O) groups excluding carboxylic acids is 2. The molecule has 0 saturated carbocycles. The zero-order valence-corrected chi connectivity index (χ0v) is 13.7. The van der Waals surface area contributed by atoms with E-state index in [0.29, 0.717) is 19.6 Å². The van der Waals surface area contributed by atoms with E-state index in [4.69, 9.17) is 9.47 Å². The monoisotopic (exact) mass is 320 g/mol. The third-order valence-corrected chi connectivity index (χ3v) is 3.93. The Morgan fingerprint density at radius 3 is 2.70 bits per heavy atom. The molecule has 23 heavy (non-hydrogen) atoms. The Hall–Kier alpha value is -1.92. The summed E-state index contributed by atoms with van der Waals surface area (Å²) in [6.45, 7) is 1.49. The van der Waals surface area contributed by atoms with Crippen LogP contribution in [0.5, 0.6) is 0 Å². The molecule has 1 amide bonds. The Balaban J connectivity index is 1.98. The number of carbonyl (C=O) groups is 2. The lowest BCUT2D eigenvalue weighted by Crippen LogP contribution is -2.44. The fourth-order valence-corrected chi connectivity index (χ4v) is 2.86. The molecule has 0 radical (unpaired) electrons. The number of methoxy groups -OCH3 is 1. The lowest BCUT2D eigenvalue weighted by molar-refractivity contribution is -0.154. The molecule has 2 atom stereocenters. The van der Waals surface area contributed by atoms with Crippen molar-refractivity contribution < 1.29 is 19.1 Å². The molecule has 1 saturated heterocycles. The SMILES string of the molecule is CNCC(=O)N1CC(COC)CC1C(=O)OCc1ccccc1. The molecule has 126 valence electrons. The van der Waals surface area contributed by atoms with Gasteiger partial charge in [-0.25, -0.2) is 4.79 Å². The van der Waals surface area contributed by atoms with Gasteiger partial charge in [0.1, 0.15) is 12.6 Å². The molecule has 1 heterocycles. The zero-order valence-electron chi connectivity index (χ0n) is 13.7. The third kappa shape index (κ3) is 4.77. The van der Waals surface area contributed by atoms with Gasteiger partial charge in [0.25, 0.3) is 0 Å². The molecule has 0 bridgehead atoms. The molecule has 6 nitrogen and oxygen atoms in total. The average molecular weight is 320 g/mol. The molecule has 2 rings (SSSR count). The number of hydrogen-bond donors (Lipinski definition) is 1. The molecular weight excluding hydrogens is 296 g/mol. The van der Waals surface area contributed by atoms with Gasteiger partial charge in [0.15, 0.2) is 0 Å². The smallest absolute Gasteiger partial charge is 0.329 e. The summed E-state index contributed by atoms with van der Waals surface area (Å²) < 4.78 is 10.6. The summed E-state index contributed by atoms with van der Waals surface area (Å²) in [4.78, 5) is 26.2. The molecule has 1 N–H and O–H groups in total. The van der Waals surface area contributed by atoms with E-state index in [-0.39, 0.29) is 30.9 Å². The Labute approximate surface area is 136 Å². The highest BCUT2D eigenvalue weighted by atomic mass is 16.5. The molecule has 0 spiro atoms. The predicted molar refractivity (Wildman–Crippen MR) is 85.6 cm³/mol. The van der Waals surface area contributed by atoms with Crippen molar-refractivity contribution in [2.75, 3.05) is 33.9 Å². The molecule has 1 aromatic carbocycles. The van der Waals surface area contributed by atoms with Gasteiger partial charge in [0.2, 0.25) is 5.91 Å². The van der Waals surface area contributed by atoms with Crippen LogP contribution in [0, 0.1) is 5.92 Å². The first-order valence-electron chi connectivity index (χ1n) is 7.79. The average Bonchev–Trinajstić information content (AvgIpc) is 2.98. The molecule has 2 unspecified atom stereocenters. The lowest BCUT2D eigenvalue weighted by Gasteiger charge is -2.23. The van der Waals surface area contributed by atoms with Crippen molar-refractivity contribution in [2.45, 2.75) is 19.1 Å². The quantitative estimate of drug-likeness (QED) is 0.753. The van der Waals surface area contributed by atoms with Crippen LogP contribution in [0.3, 0.4) is 0 Å². The predicted octanol–water partition coefficient (Wildman–Crippen LogP) is 0.813. The standard InChI is InChI=1S/C17H24N2O4/c1-18-9-16(20)19-10-14(11-22-2)8-15(19)17(21)23-12-13-6-4-3-5-7-13/h3-7,14-15,18H,8-12H2,1-2H3. The van der Waals surface area contributed by atoms with Crippen LogP contribution in [0.15, 0.2) is 30.3 Å². The van der Waals surface area contributed by atoms with E-state index in [0.717, 1.165) is 5.56 Å². The number of nitrogens with one attached hydrogen (secondary N) is 1. The van der Waals surface area contributed by atoms with Gasteiger partial charge in [-0.3, -0.25) is 4.79 Å². The van der Waals surface area contributed by atoms with E-state index in [1.165, 1.54) is 0 Å². The molecule has 1 aliphatic rings. The van der Waals surface area contributed by atoms with E-state index < -0.39 is 6.04 Å². The van der Waals surface area contributed by atoms with E-state index >= 15 is 0 Å². The van der Waals surface area contributed by atoms with Crippen molar-refractivity contribution >= 4 is 11.9 Å². The van der Waals surface area contributed by atoms with Crippen molar-refractivity contribution in [3.05, 3.63) is 35.9 Å². The van der Waals surface area contributed by atoms with E-state index in [1.807, 2.05) is 30.3 Å². The Morgan fingerprint density at radius 1 is 1.30 bits per heavy atom. The number of rotatable bonds is 7. The number of esters is 1. The van der Waals surface area contributed by atoms with Crippen molar-refractivity contribution in [1.82, 2.24) is 10.2 Å². The first-order chi connectivity index (χ1) is 11.2. The Morgan fingerprint density at radius 2 is 2.04 bits per heavy atom. The van der Waals surface area contributed by atoms with Crippen LogP contribution in [0.1, 0.15) is 12.0 Å².